The monoisotopic (exact) mass is 460 g/mol. The number of hydrogen-bond acceptors (Lipinski definition) is 7. The van der Waals surface area contributed by atoms with Gasteiger partial charge in [0.2, 0.25) is 5.91 Å². The van der Waals surface area contributed by atoms with E-state index in [0.29, 0.717) is 61.1 Å². The quantitative estimate of drug-likeness (QED) is 0.614. The summed E-state index contributed by atoms with van der Waals surface area (Å²) in [6.45, 7) is 6.34. The molecule has 1 aromatic carbocycles. The second-order valence-corrected chi connectivity index (χ2v) is 7.89. The molecule has 33 heavy (non-hydrogen) atoms. The summed E-state index contributed by atoms with van der Waals surface area (Å²) in [7, 11) is 4.68. The number of benzene rings is 1. The topological polar surface area (TPSA) is 101 Å². The van der Waals surface area contributed by atoms with Crippen LogP contribution in [0.5, 0.6) is 11.5 Å². The molecule has 10 nitrogen and oxygen atoms in total. The Morgan fingerprint density at radius 1 is 1.12 bits per heavy atom. The molecule has 1 unspecified atom stereocenters. The van der Waals surface area contributed by atoms with Gasteiger partial charge >= 0.3 is 12.0 Å². The van der Waals surface area contributed by atoms with Crippen LogP contribution < -0.4 is 14.8 Å². The number of hydrogen-bond donors (Lipinski definition) is 1. The first-order valence-corrected chi connectivity index (χ1v) is 10.9. The van der Waals surface area contributed by atoms with Gasteiger partial charge in [0, 0.05) is 58.0 Å². The molecule has 1 N–H and O–H groups in total. The van der Waals surface area contributed by atoms with Crippen molar-refractivity contribution in [2.45, 2.75) is 19.9 Å². The summed E-state index contributed by atoms with van der Waals surface area (Å²) in [6, 6.07) is 4.22. The lowest BCUT2D eigenvalue weighted by Gasteiger charge is -2.39. The fourth-order valence-electron chi connectivity index (χ4n) is 4.20. The maximum absolute atomic E-state index is 13.2. The van der Waals surface area contributed by atoms with Crippen molar-refractivity contribution in [1.29, 1.82) is 0 Å². The zero-order valence-electron chi connectivity index (χ0n) is 19.8. The van der Waals surface area contributed by atoms with Crippen LogP contribution >= 0.6 is 0 Å². The maximum Gasteiger partial charge on any atom is 0.338 e. The van der Waals surface area contributed by atoms with Gasteiger partial charge in [-0.2, -0.15) is 0 Å². The smallest absolute Gasteiger partial charge is 0.338 e. The minimum absolute atomic E-state index is 0.0421. The van der Waals surface area contributed by atoms with Crippen molar-refractivity contribution in [3.05, 3.63) is 35.0 Å². The van der Waals surface area contributed by atoms with Gasteiger partial charge < -0.3 is 24.4 Å². The van der Waals surface area contributed by atoms with Crippen molar-refractivity contribution in [3.63, 3.8) is 0 Å². The van der Waals surface area contributed by atoms with E-state index >= 15 is 0 Å². The Balaban J connectivity index is 2.05. The van der Waals surface area contributed by atoms with E-state index < -0.39 is 12.0 Å². The van der Waals surface area contributed by atoms with Crippen LogP contribution in [0.3, 0.4) is 0 Å². The van der Waals surface area contributed by atoms with Gasteiger partial charge in [0.05, 0.1) is 32.4 Å². The van der Waals surface area contributed by atoms with Crippen molar-refractivity contribution >= 4 is 17.9 Å². The van der Waals surface area contributed by atoms with Crippen molar-refractivity contribution in [3.8, 4) is 11.5 Å². The number of likely N-dealkylation sites (N-methyl/N-ethyl adjacent to an activating group) is 1. The molecule has 2 aliphatic heterocycles. The molecule has 0 spiro atoms. The lowest BCUT2D eigenvalue weighted by Crippen LogP contribution is -2.52. The number of methoxy groups -OCH3 is 2. The molecule has 0 radical (unpaired) electrons. The lowest BCUT2D eigenvalue weighted by atomic mass is 9.93. The van der Waals surface area contributed by atoms with E-state index in [1.165, 1.54) is 19.1 Å². The van der Waals surface area contributed by atoms with E-state index in [-0.39, 0.29) is 18.5 Å². The molecule has 0 aliphatic carbocycles. The summed E-state index contributed by atoms with van der Waals surface area (Å²) in [4.78, 5) is 43.2. The molecule has 3 amide bonds. The molecular formula is C23H32N4O6. The lowest BCUT2D eigenvalue weighted by molar-refractivity contribution is -0.139. The molecule has 0 aromatic heterocycles. The van der Waals surface area contributed by atoms with Crippen molar-refractivity contribution in [1.82, 2.24) is 20.0 Å². The number of para-hydroxylation sites is 1. The van der Waals surface area contributed by atoms with Crippen LogP contribution in [0, 0.1) is 0 Å². The number of nitrogens with zero attached hydrogens (tertiary/aromatic N) is 3. The molecule has 1 fully saturated rings. The summed E-state index contributed by atoms with van der Waals surface area (Å²) in [5.74, 6) is 0.469. The zero-order chi connectivity index (χ0) is 24.1. The number of carbonyl (C=O) groups excluding carboxylic acids is 3. The largest absolute Gasteiger partial charge is 0.493 e. The number of piperazine rings is 1. The Bertz CT molecular complexity index is 939. The molecule has 10 heteroatoms. The van der Waals surface area contributed by atoms with E-state index in [9.17, 15) is 14.4 Å². The van der Waals surface area contributed by atoms with Gasteiger partial charge in [-0.15, -0.1) is 0 Å². The number of urea groups is 1. The summed E-state index contributed by atoms with van der Waals surface area (Å²) in [5.41, 5.74) is 1.50. The third-order valence-corrected chi connectivity index (χ3v) is 6.01. The van der Waals surface area contributed by atoms with Crippen molar-refractivity contribution in [2.75, 3.05) is 60.6 Å². The Morgan fingerprint density at radius 2 is 1.82 bits per heavy atom. The van der Waals surface area contributed by atoms with E-state index in [1.54, 1.807) is 44.0 Å². The molecule has 0 bridgehead atoms. The highest BCUT2D eigenvalue weighted by Crippen LogP contribution is 2.40. The third-order valence-electron chi connectivity index (χ3n) is 6.01. The highest BCUT2D eigenvalue weighted by Gasteiger charge is 2.39. The molecule has 1 aromatic rings. The molecule has 2 aliphatic rings. The van der Waals surface area contributed by atoms with Gasteiger partial charge in [-0.3, -0.25) is 14.6 Å². The molecule has 1 saturated heterocycles. The molecule has 180 valence electrons. The second-order valence-electron chi connectivity index (χ2n) is 7.89. The first-order chi connectivity index (χ1) is 15.8. The Hall–Kier alpha value is -3.27. The van der Waals surface area contributed by atoms with Crippen LogP contribution in [-0.4, -0.2) is 93.2 Å². The summed E-state index contributed by atoms with van der Waals surface area (Å²) < 4.78 is 16.4. The molecule has 1 atom stereocenters. The molecule has 3 rings (SSSR count). The second kappa shape index (κ2) is 10.6. The number of nitrogens with one attached hydrogen (secondary N) is 1. The van der Waals surface area contributed by atoms with E-state index in [0.717, 1.165) is 0 Å². The van der Waals surface area contributed by atoms with Crippen LogP contribution in [0.15, 0.2) is 29.5 Å². The Kier molecular flexibility index (Phi) is 7.80. The fraction of sp³-hybridized carbons (Fsp3) is 0.522. The number of esters is 1. The number of rotatable bonds is 7. The average molecular weight is 461 g/mol. The van der Waals surface area contributed by atoms with Gasteiger partial charge in [-0.25, -0.2) is 9.59 Å². The van der Waals surface area contributed by atoms with Crippen LogP contribution in [0.4, 0.5) is 4.79 Å². The van der Waals surface area contributed by atoms with Gasteiger partial charge in [-0.1, -0.05) is 12.1 Å². The SMILES string of the molecule is CCOC(=O)C1=C(CN2CCN(C(C)=O)CC2)N(C)C(=O)NC1c1cccc(OC)c1OC. The van der Waals surface area contributed by atoms with Crippen molar-refractivity contribution in [2.24, 2.45) is 0 Å². The first kappa shape index (κ1) is 24.4. The van der Waals surface area contributed by atoms with Gasteiger partial charge in [0.1, 0.15) is 0 Å². The average Bonchev–Trinajstić information content (AvgIpc) is 2.81. The summed E-state index contributed by atoms with van der Waals surface area (Å²) in [5, 5.41) is 2.91. The summed E-state index contributed by atoms with van der Waals surface area (Å²) >= 11 is 0. The van der Waals surface area contributed by atoms with E-state index in [1.807, 2.05) is 0 Å². The number of amides is 3. The van der Waals surface area contributed by atoms with E-state index in [2.05, 4.69) is 10.2 Å². The van der Waals surface area contributed by atoms with Crippen LogP contribution in [0.25, 0.3) is 0 Å². The van der Waals surface area contributed by atoms with E-state index in [4.69, 9.17) is 14.2 Å². The van der Waals surface area contributed by atoms with Crippen LogP contribution in [-0.2, 0) is 14.3 Å². The predicted octanol–water partition coefficient (Wildman–Crippen LogP) is 1.38. The Labute approximate surface area is 194 Å². The van der Waals surface area contributed by atoms with Gasteiger partial charge in [-0.05, 0) is 13.0 Å². The van der Waals surface area contributed by atoms with Crippen molar-refractivity contribution < 1.29 is 28.6 Å². The normalized spacial score (nSPS) is 19.3. The van der Waals surface area contributed by atoms with Gasteiger partial charge in [0.25, 0.3) is 0 Å². The van der Waals surface area contributed by atoms with Crippen LogP contribution in [0.1, 0.15) is 25.5 Å². The van der Waals surface area contributed by atoms with Gasteiger partial charge in [0.15, 0.2) is 11.5 Å². The minimum Gasteiger partial charge on any atom is -0.493 e. The number of carbonyl (C=O) groups is 3. The Morgan fingerprint density at radius 3 is 2.39 bits per heavy atom. The maximum atomic E-state index is 13.2. The fourth-order valence-corrected chi connectivity index (χ4v) is 4.20. The van der Waals surface area contributed by atoms with Crippen LogP contribution in [0.2, 0.25) is 0 Å². The highest BCUT2D eigenvalue weighted by molar-refractivity contribution is 5.95. The minimum atomic E-state index is -0.772. The summed E-state index contributed by atoms with van der Waals surface area (Å²) in [6.07, 6.45) is 0. The zero-order valence-corrected chi connectivity index (χ0v) is 19.8. The standard InChI is InChI=1S/C23H32N4O6/c1-6-33-22(29)19-17(14-26-10-12-27(13-11-26)15(2)28)25(3)23(30)24-20(19)16-8-7-9-18(31-4)21(16)32-5/h7-9,20H,6,10-14H2,1-5H3,(H,24,30). The third kappa shape index (κ3) is 5.05. The number of ether oxygens (including phenoxy) is 3. The first-order valence-electron chi connectivity index (χ1n) is 10.9. The molecule has 0 saturated carbocycles. The molecular weight excluding hydrogens is 428 g/mol. The highest BCUT2D eigenvalue weighted by atomic mass is 16.5. The molecule has 2 heterocycles. The predicted molar refractivity (Wildman–Crippen MR) is 121 cm³/mol.